The second kappa shape index (κ2) is 7.79. The number of ether oxygens (including phenoxy) is 1. The summed E-state index contributed by atoms with van der Waals surface area (Å²) in [6.45, 7) is 3.90. The van der Waals surface area contributed by atoms with Crippen LogP contribution in [0.4, 0.5) is 0 Å². The van der Waals surface area contributed by atoms with E-state index in [9.17, 15) is 4.79 Å². The smallest absolute Gasteiger partial charge is 0.220 e. The van der Waals surface area contributed by atoms with Gasteiger partial charge in [0.05, 0.1) is 7.11 Å². The van der Waals surface area contributed by atoms with Crippen LogP contribution in [-0.2, 0) is 11.2 Å². The number of benzene rings is 1. The molecule has 19 heavy (non-hydrogen) atoms. The summed E-state index contributed by atoms with van der Waals surface area (Å²) in [7, 11) is 1.63. The molecule has 0 saturated carbocycles. The molecule has 0 radical (unpaired) electrons. The Bertz CT molecular complexity index is 389. The van der Waals surface area contributed by atoms with Crippen molar-refractivity contribution in [3.8, 4) is 5.75 Å². The maximum absolute atomic E-state index is 11.8. The predicted octanol–water partition coefficient (Wildman–Crippen LogP) is 1.76. The molecule has 2 unspecified atom stereocenters. The van der Waals surface area contributed by atoms with Crippen LogP contribution in [0, 0.1) is 5.92 Å². The number of hydrogen-bond acceptors (Lipinski definition) is 3. The molecule has 0 fully saturated rings. The van der Waals surface area contributed by atoms with Crippen LogP contribution >= 0.6 is 0 Å². The molecule has 0 heterocycles. The third-order valence-corrected chi connectivity index (χ3v) is 3.33. The Hall–Kier alpha value is -1.55. The second-order valence-corrected chi connectivity index (χ2v) is 4.86. The number of aliphatic hydroxyl groups is 1. The first-order chi connectivity index (χ1) is 9.06. The lowest BCUT2D eigenvalue weighted by atomic mass is 10.0. The molecule has 0 aliphatic rings. The minimum Gasteiger partial charge on any atom is -0.497 e. The minimum absolute atomic E-state index is 0.00614. The summed E-state index contributed by atoms with van der Waals surface area (Å²) in [6.07, 6.45) is 1.16. The molecular weight excluding hydrogens is 242 g/mol. The summed E-state index contributed by atoms with van der Waals surface area (Å²) < 4.78 is 5.08. The van der Waals surface area contributed by atoms with Crippen molar-refractivity contribution >= 4 is 5.91 Å². The average molecular weight is 265 g/mol. The summed E-state index contributed by atoms with van der Waals surface area (Å²) in [5.74, 6) is 0.909. The topological polar surface area (TPSA) is 58.6 Å². The molecule has 0 bridgehead atoms. The number of methoxy groups -OCH3 is 1. The van der Waals surface area contributed by atoms with E-state index in [1.807, 2.05) is 38.1 Å². The molecule has 2 atom stereocenters. The van der Waals surface area contributed by atoms with E-state index in [0.717, 1.165) is 11.3 Å². The van der Waals surface area contributed by atoms with Gasteiger partial charge in [-0.05, 0) is 37.0 Å². The van der Waals surface area contributed by atoms with Gasteiger partial charge in [-0.2, -0.15) is 0 Å². The first kappa shape index (κ1) is 15.5. The molecule has 0 spiro atoms. The van der Waals surface area contributed by atoms with Crippen molar-refractivity contribution in [1.29, 1.82) is 0 Å². The van der Waals surface area contributed by atoms with Gasteiger partial charge in [-0.25, -0.2) is 0 Å². The molecular formula is C15H23NO3. The van der Waals surface area contributed by atoms with E-state index in [-0.39, 0.29) is 24.5 Å². The van der Waals surface area contributed by atoms with Crippen molar-refractivity contribution < 1.29 is 14.6 Å². The Balaban J connectivity index is 2.37. The lowest BCUT2D eigenvalue weighted by molar-refractivity contribution is -0.122. The van der Waals surface area contributed by atoms with Gasteiger partial charge in [-0.1, -0.05) is 19.1 Å². The highest BCUT2D eigenvalue weighted by Crippen LogP contribution is 2.12. The van der Waals surface area contributed by atoms with E-state index in [1.165, 1.54) is 0 Å². The van der Waals surface area contributed by atoms with Crippen molar-refractivity contribution in [2.45, 2.75) is 32.7 Å². The Labute approximate surface area is 114 Å². The first-order valence-corrected chi connectivity index (χ1v) is 6.60. The van der Waals surface area contributed by atoms with Crippen LogP contribution in [0.1, 0.15) is 25.8 Å². The normalized spacial score (nSPS) is 13.7. The highest BCUT2D eigenvalue weighted by Gasteiger charge is 2.13. The van der Waals surface area contributed by atoms with E-state index >= 15 is 0 Å². The summed E-state index contributed by atoms with van der Waals surface area (Å²) >= 11 is 0. The SMILES string of the molecule is COc1ccc(CCC(=O)NC(C)C(C)CO)cc1. The molecule has 1 aromatic rings. The van der Waals surface area contributed by atoms with Crippen LogP contribution in [0.25, 0.3) is 0 Å². The van der Waals surface area contributed by atoms with Crippen LogP contribution in [0.15, 0.2) is 24.3 Å². The molecule has 4 heteroatoms. The third kappa shape index (κ3) is 5.30. The number of carbonyl (C=O) groups excluding carboxylic acids is 1. The summed E-state index contributed by atoms with van der Waals surface area (Å²) in [5, 5.41) is 11.9. The van der Waals surface area contributed by atoms with Gasteiger partial charge >= 0.3 is 0 Å². The standard InChI is InChI=1S/C15H23NO3/c1-11(10-17)12(2)16-15(18)9-6-13-4-7-14(19-3)8-5-13/h4-5,7-8,11-12,17H,6,9-10H2,1-3H3,(H,16,18). The first-order valence-electron chi connectivity index (χ1n) is 6.60. The zero-order valence-corrected chi connectivity index (χ0v) is 11.8. The second-order valence-electron chi connectivity index (χ2n) is 4.86. The van der Waals surface area contributed by atoms with Crippen LogP contribution in [0.2, 0.25) is 0 Å². The molecule has 0 aromatic heterocycles. The summed E-state index contributed by atoms with van der Waals surface area (Å²) in [4.78, 5) is 11.8. The third-order valence-electron chi connectivity index (χ3n) is 3.33. The number of amides is 1. The van der Waals surface area contributed by atoms with E-state index in [0.29, 0.717) is 12.8 Å². The molecule has 1 rings (SSSR count). The van der Waals surface area contributed by atoms with E-state index in [4.69, 9.17) is 9.84 Å². The van der Waals surface area contributed by atoms with Crippen LogP contribution in [0.5, 0.6) is 5.75 Å². The maximum Gasteiger partial charge on any atom is 0.220 e. The molecule has 106 valence electrons. The molecule has 1 amide bonds. The van der Waals surface area contributed by atoms with Gasteiger partial charge in [0.25, 0.3) is 0 Å². The highest BCUT2D eigenvalue weighted by atomic mass is 16.5. The summed E-state index contributed by atoms with van der Waals surface area (Å²) in [5.41, 5.74) is 1.11. The molecule has 2 N–H and O–H groups in total. The number of carbonyl (C=O) groups is 1. The Kier molecular flexibility index (Phi) is 6.36. The van der Waals surface area contributed by atoms with Gasteiger partial charge in [-0.3, -0.25) is 4.79 Å². The zero-order valence-electron chi connectivity index (χ0n) is 11.8. The molecule has 1 aromatic carbocycles. The van der Waals surface area contributed by atoms with Crippen molar-refractivity contribution in [3.63, 3.8) is 0 Å². The largest absolute Gasteiger partial charge is 0.497 e. The van der Waals surface area contributed by atoms with Gasteiger partial charge < -0.3 is 15.2 Å². The Morgan fingerprint density at radius 1 is 1.32 bits per heavy atom. The highest BCUT2D eigenvalue weighted by molar-refractivity contribution is 5.76. The van der Waals surface area contributed by atoms with E-state index < -0.39 is 0 Å². The zero-order chi connectivity index (χ0) is 14.3. The number of aryl methyl sites for hydroxylation is 1. The number of aliphatic hydroxyl groups excluding tert-OH is 1. The maximum atomic E-state index is 11.8. The van der Waals surface area contributed by atoms with Gasteiger partial charge in [0.1, 0.15) is 5.75 Å². The van der Waals surface area contributed by atoms with Crippen molar-refractivity contribution in [1.82, 2.24) is 5.32 Å². The molecule has 4 nitrogen and oxygen atoms in total. The van der Waals surface area contributed by atoms with Crippen LogP contribution < -0.4 is 10.1 Å². The minimum atomic E-state index is -0.00614. The van der Waals surface area contributed by atoms with Crippen LogP contribution in [0.3, 0.4) is 0 Å². The Morgan fingerprint density at radius 2 is 1.95 bits per heavy atom. The monoisotopic (exact) mass is 265 g/mol. The van der Waals surface area contributed by atoms with E-state index in [2.05, 4.69) is 5.32 Å². The average Bonchev–Trinajstić information content (AvgIpc) is 2.44. The van der Waals surface area contributed by atoms with Gasteiger partial charge in [0.2, 0.25) is 5.91 Å². The molecule has 0 saturated heterocycles. The lowest BCUT2D eigenvalue weighted by Crippen LogP contribution is -2.38. The van der Waals surface area contributed by atoms with Gasteiger partial charge in [-0.15, -0.1) is 0 Å². The van der Waals surface area contributed by atoms with Gasteiger partial charge in [0.15, 0.2) is 0 Å². The fraction of sp³-hybridized carbons (Fsp3) is 0.533. The predicted molar refractivity (Wildman–Crippen MR) is 75.2 cm³/mol. The fourth-order valence-electron chi connectivity index (χ4n) is 1.68. The van der Waals surface area contributed by atoms with Crippen LogP contribution in [-0.4, -0.2) is 30.8 Å². The van der Waals surface area contributed by atoms with Crippen molar-refractivity contribution in [2.75, 3.05) is 13.7 Å². The number of rotatable bonds is 7. The fourth-order valence-corrected chi connectivity index (χ4v) is 1.68. The molecule has 0 aliphatic carbocycles. The number of hydrogen-bond donors (Lipinski definition) is 2. The van der Waals surface area contributed by atoms with E-state index in [1.54, 1.807) is 7.11 Å². The summed E-state index contributed by atoms with van der Waals surface area (Å²) in [6, 6.07) is 7.71. The van der Waals surface area contributed by atoms with Crippen molar-refractivity contribution in [3.05, 3.63) is 29.8 Å². The molecule has 0 aliphatic heterocycles. The number of nitrogens with one attached hydrogen (secondary N) is 1. The quantitative estimate of drug-likeness (QED) is 0.790. The lowest BCUT2D eigenvalue weighted by Gasteiger charge is -2.19. The Morgan fingerprint density at radius 3 is 2.47 bits per heavy atom. The van der Waals surface area contributed by atoms with Gasteiger partial charge in [0, 0.05) is 19.1 Å². The van der Waals surface area contributed by atoms with Crippen molar-refractivity contribution in [2.24, 2.45) is 5.92 Å².